The lowest BCUT2D eigenvalue weighted by Gasteiger charge is -2.26. The zero-order valence-corrected chi connectivity index (χ0v) is 22.3. The highest BCUT2D eigenvalue weighted by atomic mass is 16.5. The van der Waals surface area contributed by atoms with Crippen LogP contribution in [0, 0.1) is 6.92 Å². The van der Waals surface area contributed by atoms with Gasteiger partial charge in [0.25, 0.3) is 11.7 Å². The van der Waals surface area contributed by atoms with Crippen LogP contribution in [0.3, 0.4) is 0 Å². The molecule has 1 amide bonds. The lowest BCUT2D eigenvalue weighted by atomic mass is 9.95. The van der Waals surface area contributed by atoms with Gasteiger partial charge >= 0.3 is 0 Å². The maximum absolute atomic E-state index is 13.2. The molecule has 198 valence electrons. The van der Waals surface area contributed by atoms with E-state index in [0.717, 1.165) is 16.7 Å². The Hall–Kier alpha value is -4.10. The van der Waals surface area contributed by atoms with Crippen molar-refractivity contribution in [1.82, 2.24) is 9.80 Å². The van der Waals surface area contributed by atoms with Gasteiger partial charge in [0, 0.05) is 18.7 Å². The summed E-state index contributed by atoms with van der Waals surface area (Å²) < 4.78 is 11.5. The van der Waals surface area contributed by atoms with Crippen molar-refractivity contribution in [3.63, 3.8) is 0 Å². The zero-order valence-electron chi connectivity index (χ0n) is 22.3. The van der Waals surface area contributed by atoms with Crippen molar-refractivity contribution in [3.8, 4) is 11.5 Å². The second-order valence-electron chi connectivity index (χ2n) is 9.54. The Labute approximate surface area is 223 Å². The van der Waals surface area contributed by atoms with Crippen molar-refractivity contribution in [2.24, 2.45) is 0 Å². The SMILES string of the molecule is CCOc1ccc(C2/C(=C(\O)c3ccc(OCc4ccccc4C)cc3)C(=O)C(=O)N2CCN(C)C)cc1. The molecule has 1 unspecified atom stereocenters. The van der Waals surface area contributed by atoms with E-state index in [0.29, 0.717) is 43.4 Å². The molecule has 1 aliphatic rings. The topological polar surface area (TPSA) is 79.3 Å². The third-order valence-electron chi connectivity index (χ3n) is 6.62. The number of likely N-dealkylation sites (tertiary alicyclic amines) is 1. The fourth-order valence-electron chi connectivity index (χ4n) is 4.48. The molecule has 1 heterocycles. The van der Waals surface area contributed by atoms with Crippen LogP contribution in [0.4, 0.5) is 0 Å². The number of likely N-dealkylation sites (N-methyl/N-ethyl adjacent to an activating group) is 1. The van der Waals surface area contributed by atoms with Crippen molar-refractivity contribution in [3.05, 3.63) is 101 Å². The summed E-state index contributed by atoms with van der Waals surface area (Å²) in [5.74, 6) is -0.187. The van der Waals surface area contributed by atoms with Crippen LogP contribution >= 0.6 is 0 Å². The number of aliphatic hydroxyl groups is 1. The standard InChI is InChI=1S/C31H34N2O5/c1-5-37-25-14-10-22(11-15-25)28-27(30(35)31(36)33(28)19-18-32(3)4)29(34)23-12-16-26(17-13-23)38-20-24-9-7-6-8-21(24)2/h6-17,28,34H,5,18-20H2,1-4H3/b29-27+. The third-order valence-corrected chi connectivity index (χ3v) is 6.62. The summed E-state index contributed by atoms with van der Waals surface area (Å²) in [5, 5.41) is 11.3. The first kappa shape index (κ1) is 26.9. The molecule has 7 heteroatoms. The molecule has 0 spiro atoms. The predicted molar refractivity (Wildman–Crippen MR) is 147 cm³/mol. The normalized spacial score (nSPS) is 16.8. The van der Waals surface area contributed by atoms with E-state index in [-0.39, 0.29) is 11.3 Å². The highest BCUT2D eigenvalue weighted by molar-refractivity contribution is 6.46. The van der Waals surface area contributed by atoms with Gasteiger partial charge in [0.1, 0.15) is 23.9 Å². The number of hydrogen-bond acceptors (Lipinski definition) is 6. The first-order valence-corrected chi connectivity index (χ1v) is 12.7. The molecule has 1 aliphatic heterocycles. The maximum Gasteiger partial charge on any atom is 0.295 e. The Balaban J connectivity index is 1.65. The van der Waals surface area contributed by atoms with Crippen molar-refractivity contribution in [2.45, 2.75) is 26.5 Å². The first-order valence-electron chi connectivity index (χ1n) is 12.7. The minimum atomic E-state index is -0.706. The molecule has 0 bridgehead atoms. The number of carbonyl (C=O) groups excluding carboxylic acids is 2. The van der Waals surface area contributed by atoms with Gasteiger partial charge in [0.2, 0.25) is 0 Å². The first-order chi connectivity index (χ1) is 18.3. The minimum Gasteiger partial charge on any atom is -0.507 e. The van der Waals surface area contributed by atoms with Gasteiger partial charge in [0.15, 0.2) is 0 Å². The number of ether oxygens (including phenoxy) is 2. The molecule has 1 atom stereocenters. The van der Waals surface area contributed by atoms with E-state index in [1.165, 1.54) is 4.90 Å². The van der Waals surface area contributed by atoms with Crippen LogP contribution in [0.25, 0.3) is 5.76 Å². The molecule has 0 aliphatic carbocycles. The summed E-state index contributed by atoms with van der Waals surface area (Å²) in [4.78, 5) is 29.8. The molecule has 4 rings (SSSR count). The number of benzene rings is 3. The van der Waals surface area contributed by atoms with Crippen molar-refractivity contribution >= 4 is 17.4 Å². The van der Waals surface area contributed by atoms with Crippen LogP contribution in [-0.4, -0.2) is 60.4 Å². The Morgan fingerprint density at radius 1 is 0.921 bits per heavy atom. The highest BCUT2D eigenvalue weighted by Crippen LogP contribution is 2.40. The quantitative estimate of drug-likeness (QED) is 0.234. The number of carbonyl (C=O) groups is 2. The molecule has 0 aromatic heterocycles. The highest BCUT2D eigenvalue weighted by Gasteiger charge is 2.45. The summed E-state index contributed by atoms with van der Waals surface area (Å²) in [6.45, 7) is 5.82. The zero-order chi connectivity index (χ0) is 27.2. The lowest BCUT2D eigenvalue weighted by molar-refractivity contribution is -0.140. The summed E-state index contributed by atoms with van der Waals surface area (Å²) in [5.41, 5.74) is 3.48. The van der Waals surface area contributed by atoms with Crippen LogP contribution in [0.2, 0.25) is 0 Å². The van der Waals surface area contributed by atoms with Gasteiger partial charge in [-0.05, 0) is 81.0 Å². The van der Waals surface area contributed by atoms with E-state index in [9.17, 15) is 14.7 Å². The molecule has 7 nitrogen and oxygen atoms in total. The molecule has 3 aromatic rings. The Kier molecular flexibility index (Phi) is 8.48. The van der Waals surface area contributed by atoms with Gasteiger partial charge in [-0.2, -0.15) is 0 Å². The largest absolute Gasteiger partial charge is 0.507 e. The molecule has 1 saturated heterocycles. The second-order valence-corrected chi connectivity index (χ2v) is 9.54. The van der Waals surface area contributed by atoms with E-state index >= 15 is 0 Å². The lowest BCUT2D eigenvalue weighted by Crippen LogP contribution is -2.35. The van der Waals surface area contributed by atoms with Crippen LogP contribution in [0.1, 0.15) is 35.2 Å². The van der Waals surface area contributed by atoms with Gasteiger partial charge in [-0.25, -0.2) is 0 Å². The number of Topliss-reactive ketones (excluding diaryl/α,β-unsaturated/α-hetero) is 1. The molecule has 1 N–H and O–H groups in total. The molecule has 0 saturated carbocycles. The smallest absolute Gasteiger partial charge is 0.295 e. The molecule has 3 aromatic carbocycles. The van der Waals surface area contributed by atoms with E-state index < -0.39 is 17.7 Å². The van der Waals surface area contributed by atoms with Crippen LogP contribution in [0.15, 0.2) is 78.4 Å². The number of amides is 1. The molecular weight excluding hydrogens is 480 g/mol. The summed E-state index contributed by atoms with van der Waals surface area (Å²) >= 11 is 0. The average Bonchev–Trinajstić information content (AvgIpc) is 3.17. The predicted octanol–water partition coefficient (Wildman–Crippen LogP) is 4.96. The van der Waals surface area contributed by atoms with E-state index in [4.69, 9.17) is 9.47 Å². The Morgan fingerprint density at radius 2 is 1.55 bits per heavy atom. The van der Waals surface area contributed by atoms with Gasteiger partial charge in [-0.3, -0.25) is 9.59 Å². The van der Waals surface area contributed by atoms with Crippen molar-refractivity contribution in [2.75, 3.05) is 33.8 Å². The number of hydrogen-bond donors (Lipinski definition) is 1. The van der Waals surface area contributed by atoms with Crippen LogP contribution < -0.4 is 9.47 Å². The molecule has 38 heavy (non-hydrogen) atoms. The molecule has 0 radical (unpaired) electrons. The Morgan fingerprint density at radius 3 is 2.18 bits per heavy atom. The number of rotatable bonds is 10. The molecule has 1 fully saturated rings. The third kappa shape index (κ3) is 5.89. The van der Waals surface area contributed by atoms with Gasteiger partial charge in [-0.1, -0.05) is 36.4 Å². The fraction of sp³-hybridized carbons (Fsp3) is 0.290. The van der Waals surface area contributed by atoms with E-state index in [2.05, 4.69) is 0 Å². The average molecular weight is 515 g/mol. The number of aliphatic hydroxyl groups excluding tert-OH is 1. The fourth-order valence-corrected chi connectivity index (χ4v) is 4.48. The second kappa shape index (κ2) is 12.0. The molecular formula is C31H34N2O5. The maximum atomic E-state index is 13.2. The number of nitrogens with zero attached hydrogens (tertiary/aromatic N) is 2. The summed E-state index contributed by atoms with van der Waals surface area (Å²) in [7, 11) is 3.82. The summed E-state index contributed by atoms with van der Waals surface area (Å²) in [6.07, 6.45) is 0. The van der Waals surface area contributed by atoms with Gasteiger partial charge in [0.05, 0.1) is 18.2 Å². The van der Waals surface area contributed by atoms with Crippen LogP contribution in [0.5, 0.6) is 11.5 Å². The monoisotopic (exact) mass is 514 g/mol. The van der Waals surface area contributed by atoms with Gasteiger partial charge < -0.3 is 24.4 Å². The Bertz CT molecular complexity index is 1310. The van der Waals surface area contributed by atoms with Crippen molar-refractivity contribution in [1.29, 1.82) is 0 Å². The van der Waals surface area contributed by atoms with Gasteiger partial charge in [-0.15, -0.1) is 0 Å². The van der Waals surface area contributed by atoms with E-state index in [1.807, 2.05) is 81.4 Å². The number of ketones is 1. The van der Waals surface area contributed by atoms with Crippen molar-refractivity contribution < 1.29 is 24.2 Å². The number of aryl methyl sites for hydroxylation is 1. The van der Waals surface area contributed by atoms with Crippen LogP contribution in [-0.2, 0) is 16.2 Å². The summed E-state index contributed by atoms with van der Waals surface area (Å²) in [6, 6.07) is 21.5. The van der Waals surface area contributed by atoms with E-state index in [1.54, 1.807) is 24.3 Å². The minimum absolute atomic E-state index is 0.0755.